The van der Waals surface area contributed by atoms with E-state index in [1.807, 2.05) is 18.2 Å². The quantitative estimate of drug-likeness (QED) is 0.301. The van der Waals surface area contributed by atoms with Crippen LogP contribution in [0.5, 0.6) is 0 Å². The zero-order chi connectivity index (χ0) is 29.2. The predicted molar refractivity (Wildman–Crippen MR) is 163 cm³/mol. The average molecular weight is 551 g/mol. The van der Waals surface area contributed by atoms with Gasteiger partial charge in [0.1, 0.15) is 12.1 Å². The van der Waals surface area contributed by atoms with Gasteiger partial charge in [0.2, 0.25) is 17.7 Å². The summed E-state index contributed by atoms with van der Waals surface area (Å²) < 4.78 is 0. The van der Waals surface area contributed by atoms with Crippen molar-refractivity contribution >= 4 is 28.5 Å². The van der Waals surface area contributed by atoms with E-state index >= 15 is 0 Å². The molecular weight excluding hydrogens is 500 g/mol. The number of hydrogen-bond donors (Lipinski definition) is 3. The van der Waals surface area contributed by atoms with E-state index < -0.39 is 12.1 Å². The second kappa shape index (κ2) is 15.2. The van der Waals surface area contributed by atoms with E-state index in [4.69, 9.17) is 0 Å². The van der Waals surface area contributed by atoms with Gasteiger partial charge < -0.3 is 20.9 Å². The van der Waals surface area contributed by atoms with E-state index in [1.165, 1.54) is 0 Å². The summed E-state index contributed by atoms with van der Waals surface area (Å²) in [5.41, 5.74) is 0.983. The van der Waals surface area contributed by atoms with Crippen LogP contribution in [0.4, 0.5) is 0 Å². The van der Waals surface area contributed by atoms with Crippen LogP contribution in [0.3, 0.4) is 0 Å². The Kier molecular flexibility index (Phi) is 12.0. The highest BCUT2D eigenvalue weighted by molar-refractivity contribution is 5.93. The van der Waals surface area contributed by atoms with E-state index in [0.717, 1.165) is 42.3 Å². The topological polar surface area (TPSA) is 90.5 Å². The smallest absolute Gasteiger partial charge is 0.243 e. The summed E-state index contributed by atoms with van der Waals surface area (Å²) in [6.07, 6.45) is 2.60. The Hall–Kier alpha value is -2.93. The summed E-state index contributed by atoms with van der Waals surface area (Å²) in [4.78, 5) is 42.3. The van der Waals surface area contributed by atoms with Crippen molar-refractivity contribution in [1.82, 2.24) is 20.9 Å². The van der Waals surface area contributed by atoms with Gasteiger partial charge in [0.25, 0.3) is 0 Å². The highest BCUT2D eigenvalue weighted by atomic mass is 16.2. The number of likely N-dealkylation sites (tertiary alicyclic amines) is 1. The maximum absolute atomic E-state index is 13.6. The van der Waals surface area contributed by atoms with Crippen LogP contribution in [-0.4, -0.2) is 60.9 Å². The summed E-state index contributed by atoms with van der Waals surface area (Å²) in [5.74, 6) is 0.452. The largest absolute Gasteiger partial charge is 0.354 e. The number of amides is 3. The van der Waals surface area contributed by atoms with Crippen molar-refractivity contribution in [3.05, 3.63) is 48.0 Å². The van der Waals surface area contributed by atoms with Gasteiger partial charge in [0.15, 0.2) is 0 Å². The molecule has 0 saturated carbocycles. The predicted octanol–water partition coefficient (Wildman–Crippen LogP) is 4.54. The lowest BCUT2D eigenvalue weighted by molar-refractivity contribution is -0.144. The van der Waals surface area contributed by atoms with Gasteiger partial charge in [-0.15, -0.1) is 0 Å². The first-order chi connectivity index (χ1) is 19.1. The number of benzene rings is 2. The van der Waals surface area contributed by atoms with Gasteiger partial charge in [-0.05, 0) is 66.4 Å². The molecule has 2 aromatic carbocycles. The minimum absolute atomic E-state index is 0.0482. The van der Waals surface area contributed by atoms with Gasteiger partial charge in [0, 0.05) is 25.4 Å². The lowest BCUT2D eigenvalue weighted by Gasteiger charge is -2.32. The van der Waals surface area contributed by atoms with E-state index in [0.29, 0.717) is 31.8 Å². The monoisotopic (exact) mass is 550 g/mol. The molecule has 1 aliphatic heterocycles. The van der Waals surface area contributed by atoms with Crippen molar-refractivity contribution in [2.45, 2.75) is 79.3 Å². The number of carbonyl (C=O) groups excluding carboxylic acids is 3. The Morgan fingerprint density at radius 2 is 1.62 bits per heavy atom. The summed E-state index contributed by atoms with van der Waals surface area (Å²) in [7, 11) is 0. The minimum Gasteiger partial charge on any atom is -0.354 e. The Morgan fingerprint density at radius 1 is 0.925 bits per heavy atom. The van der Waals surface area contributed by atoms with E-state index in [9.17, 15) is 14.4 Å². The number of nitrogens with one attached hydrogen (secondary N) is 3. The van der Waals surface area contributed by atoms with E-state index in [2.05, 4.69) is 81.8 Å². The molecule has 3 amide bonds. The van der Waals surface area contributed by atoms with Crippen LogP contribution < -0.4 is 16.0 Å². The first kappa shape index (κ1) is 31.6. The van der Waals surface area contributed by atoms with E-state index in [-0.39, 0.29) is 35.5 Å². The molecule has 1 saturated heterocycles. The van der Waals surface area contributed by atoms with Crippen LogP contribution in [0.1, 0.15) is 66.4 Å². The second-order valence-electron chi connectivity index (χ2n) is 12.4. The van der Waals surface area contributed by atoms with Gasteiger partial charge >= 0.3 is 0 Å². The van der Waals surface area contributed by atoms with Gasteiger partial charge in [0.05, 0.1) is 0 Å². The lowest BCUT2D eigenvalue weighted by Crippen LogP contribution is -2.55. The summed E-state index contributed by atoms with van der Waals surface area (Å²) in [5, 5.41) is 11.7. The number of hydrogen-bond acceptors (Lipinski definition) is 4. The third kappa shape index (κ3) is 8.79. The SMILES string of the molecule is CC(C)CNCCCNC(=O)[C@@H](Cc1ccc2ccccc2c1)NC(=O)C1CCCN1C(=O)C(C(C)C)C(C)C. The summed E-state index contributed by atoms with van der Waals surface area (Å²) in [6.45, 7) is 15.5. The van der Waals surface area contributed by atoms with E-state index in [1.54, 1.807) is 4.90 Å². The fraction of sp³-hybridized carbons (Fsp3) is 0.606. The molecule has 0 bridgehead atoms. The molecular formula is C33H50N4O3. The zero-order valence-corrected chi connectivity index (χ0v) is 25.3. The molecule has 1 fully saturated rings. The highest BCUT2D eigenvalue weighted by Gasteiger charge is 2.39. The Bertz CT molecular complexity index is 1120. The Morgan fingerprint density at radius 3 is 2.30 bits per heavy atom. The molecule has 0 aliphatic carbocycles. The normalized spacial score (nSPS) is 16.4. The third-order valence-electron chi connectivity index (χ3n) is 7.83. The van der Waals surface area contributed by atoms with Gasteiger partial charge in [-0.3, -0.25) is 14.4 Å². The molecule has 0 radical (unpaired) electrons. The maximum atomic E-state index is 13.6. The molecule has 1 unspecified atom stereocenters. The molecule has 2 aromatic rings. The fourth-order valence-electron chi connectivity index (χ4n) is 5.85. The van der Waals surface area contributed by atoms with Crippen molar-refractivity contribution in [2.24, 2.45) is 23.7 Å². The molecule has 220 valence electrons. The van der Waals surface area contributed by atoms with Crippen molar-refractivity contribution in [3.8, 4) is 0 Å². The first-order valence-electron chi connectivity index (χ1n) is 15.2. The van der Waals surface area contributed by atoms with Crippen molar-refractivity contribution in [3.63, 3.8) is 0 Å². The van der Waals surface area contributed by atoms with Gasteiger partial charge in [-0.2, -0.15) is 0 Å². The first-order valence-corrected chi connectivity index (χ1v) is 15.2. The number of fused-ring (bicyclic) bond motifs is 1. The molecule has 3 rings (SSSR count). The number of nitrogens with zero attached hydrogens (tertiary/aromatic N) is 1. The maximum Gasteiger partial charge on any atom is 0.243 e. The standard InChI is InChI=1S/C33H50N4O3/c1-22(2)21-34-16-10-17-35-31(38)28(20-25-14-15-26-11-7-8-12-27(26)19-25)36-32(39)29-13-9-18-37(29)33(40)30(23(3)4)24(5)6/h7-8,11-12,14-15,19,22-24,28-30,34H,9-10,13,16-18,20-21H2,1-6H3,(H,35,38)(H,36,39)/t28-,29?/m1/s1. The van der Waals surface area contributed by atoms with Crippen LogP contribution in [0.2, 0.25) is 0 Å². The fourth-order valence-corrected chi connectivity index (χ4v) is 5.85. The zero-order valence-electron chi connectivity index (χ0n) is 25.3. The molecule has 1 aliphatic rings. The lowest BCUT2D eigenvalue weighted by atomic mass is 9.84. The Labute approximate surface area is 240 Å². The van der Waals surface area contributed by atoms with Crippen LogP contribution in [-0.2, 0) is 20.8 Å². The van der Waals surface area contributed by atoms with Crippen LogP contribution >= 0.6 is 0 Å². The van der Waals surface area contributed by atoms with Gasteiger partial charge in [-0.1, -0.05) is 84.0 Å². The molecule has 7 nitrogen and oxygen atoms in total. The average Bonchev–Trinajstić information content (AvgIpc) is 3.40. The molecule has 3 N–H and O–H groups in total. The third-order valence-corrected chi connectivity index (χ3v) is 7.83. The number of rotatable bonds is 14. The summed E-state index contributed by atoms with van der Waals surface area (Å²) in [6, 6.07) is 13.0. The molecule has 7 heteroatoms. The van der Waals surface area contributed by atoms with Crippen molar-refractivity contribution in [2.75, 3.05) is 26.2 Å². The molecule has 2 atom stereocenters. The molecule has 40 heavy (non-hydrogen) atoms. The second-order valence-corrected chi connectivity index (χ2v) is 12.4. The summed E-state index contributed by atoms with van der Waals surface area (Å²) >= 11 is 0. The number of carbonyl (C=O) groups is 3. The van der Waals surface area contributed by atoms with Crippen LogP contribution in [0.25, 0.3) is 10.8 Å². The van der Waals surface area contributed by atoms with Crippen LogP contribution in [0.15, 0.2) is 42.5 Å². The van der Waals surface area contributed by atoms with Crippen LogP contribution in [0, 0.1) is 23.7 Å². The highest BCUT2D eigenvalue weighted by Crippen LogP contribution is 2.28. The Balaban J connectivity index is 1.72. The minimum atomic E-state index is -0.721. The molecule has 0 aromatic heterocycles. The van der Waals surface area contributed by atoms with Gasteiger partial charge in [-0.25, -0.2) is 0 Å². The van der Waals surface area contributed by atoms with Crippen molar-refractivity contribution in [1.29, 1.82) is 0 Å². The molecule has 1 heterocycles. The molecule has 0 spiro atoms. The van der Waals surface area contributed by atoms with Crippen molar-refractivity contribution < 1.29 is 14.4 Å².